The number of amides is 1. The molecule has 2 heterocycles. The maximum atomic E-state index is 14.5. The van der Waals surface area contributed by atoms with Crippen LogP contribution in [0.2, 0.25) is 0 Å². The normalized spacial score (nSPS) is 15.2. The molecule has 3 aromatic rings. The number of hydrogen-bond acceptors (Lipinski definition) is 5. The van der Waals surface area contributed by atoms with E-state index in [1.54, 1.807) is 20.8 Å². The minimum Gasteiger partial charge on any atom is -0.444 e. The minimum atomic E-state index is -0.886. The van der Waals surface area contributed by atoms with Gasteiger partial charge in [0, 0.05) is 12.3 Å². The molecule has 4 rings (SSSR count). The zero-order valence-electron chi connectivity index (χ0n) is 16.7. The van der Waals surface area contributed by atoms with Crippen molar-refractivity contribution in [3.63, 3.8) is 0 Å². The third-order valence-corrected chi connectivity index (χ3v) is 4.71. The van der Waals surface area contributed by atoms with Gasteiger partial charge in [-0.1, -0.05) is 0 Å². The highest BCUT2D eigenvalue weighted by molar-refractivity contribution is 5.79. The van der Waals surface area contributed by atoms with E-state index in [0.717, 1.165) is 29.5 Å². The number of ether oxygens (including phenoxy) is 1. The Morgan fingerprint density at radius 1 is 1.27 bits per heavy atom. The second-order valence-corrected chi connectivity index (χ2v) is 8.26. The molecule has 1 aliphatic carbocycles. The summed E-state index contributed by atoms with van der Waals surface area (Å²) in [6, 6.07) is 2.57. The Morgan fingerprint density at radius 3 is 2.57 bits per heavy atom. The van der Waals surface area contributed by atoms with Crippen LogP contribution in [0.25, 0.3) is 16.7 Å². The number of aromatic amines is 1. The fourth-order valence-electron chi connectivity index (χ4n) is 3.30. The molecule has 1 fully saturated rings. The Hall–Kier alpha value is -3.30. The van der Waals surface area contributed by atoms with Crippen LogP contribution in [0.5, 0.6) is 0 Å². The van der Waals surface area contributed by atoms with E-state index in [2.05, 4.69) is 20.5 Å². The van der Waals surface area contributed by atoms with Crippen molar-refractivity contribution in [2.24, 2.45) is 5.92 Å². The molecule has 1 unspecified atom stereocenters. The number of H-pyrrole nitrogens is 1. The molecular formula is C20H21F2N5O3. The number of carbonyl (C=O) groups excluding carboxylic acids is 1. The number of alkyl carbamates (subject to hydrolysis) is 1. The Balaban J connectivity index is 1.92. The maximum Gasteiger partial charge on any atom is 0.408 e. The first-order valence-corrected chi connectivity index (χ1v) is 9.56. The molecule has 1 aromatic carbocycles. The van der Waals surface area contributed by atoms with Crippen molar-refractivity contribution < 1.29 is 18.3 Å². The molecule has 1 amide bonds. The van der Waals surface area contributed by atoms with Crippen LogP contribution in [0.15, 0.2) is 29.2 Å². The van der Waals surface area contributed by atoms with E-state index < -0.39 is 45.8 Å². The van der Waals surface area contributed by atoms with Crippen LogP contribution in [0.1, 0.15) is 45.5 Å². The molecule has 0 radical (unpaired) electrons. The molecule has 2 aromatic heterocycles. The molecule has 1 aliphatic rings. The number of carbonyl (C=O) groups is 1. The number of fused-ring (bicyclic) bond motifs is 1. The number of halogens is 2. The fourth-order valence-corrected chi connectivity index (χ4v) is 3.30. The van der Waals surface area contributed by atoms with Crippen molar-refractivity contribution in [2.75, 3.05) is 0 Å². The van der Waals surface area contributed by atoms with Crippen LogP contribution >= 0.6 is 0 Å². The lowest BCUT2D eigenvalue weighted by Crippen LogP contribution is -2.39. The van der Waals surface area contributed by atoms with Crippen molar-refractivity contribution in [3.05, 3.63) is 52.2 Å². The molecule has 0 saturated heterocycles. The minimum absolute atomic E-state index is 0.0244. The van der Waals surface area contributed by atoms with Gasteiger partial charge in [-0.25, -0.2) is 23.1 Å². The molecule has 1 atom stereocenters. The van der Waals surface area contributed by atoms with Crippen molar-refractivity contribution in [2.45, 2.75) is 45.3 Å². The number of rotatable bonds is 4. The van der Waals surface area contributed by atoms with Gasteiger partial charge in [-0.2, -0.15) is 5.10 Å². The number of nitrogens with zero attached hydrogens (tertiary/aromatic N) is 3. The zero-order valence-corrected chi connectivity index (χ0v) is 16.7. The summed E-state index contributed by atoms with van der Waals surface area (Å²) < 4.78 is 35.3. The number of nitrogens with one attached hydrogen (secondary N) is 2. The van der Waals surface area contributed by atoms with Gasteiger partial charge in [0.1, 0.15) is 34.0 Å². The molecule has 30 heavy (non-hydrogen) atoms. The smallest absolute Gasteiger partial charge is 0.408 e. The first kappa shape index (κ1) is 20.0. The Labute approximate surface area is 170 Å². The van der Waals surface area contributed by atoms with Crippen molar-refractivity contribution in [1.29, 1.82) is 0 Å². The van der Waals surface area contributed by atoms with Gasteiger partial charge in [-0.05, 0) is 51.7 Å². The highest BCUT2D eigenvalue weighted by atomic mass is 19.1. The third kappa shape index (κ3) is 3.77. The molecule has 2 N–H and O–H groups in total. The summed E-state index contributed by atoms with van der Waals surface area (Å²) in [6.45, 7) is 5.18. The third-order valence-electron chi connectivity index (χ3n) is 4.71. The zero-order chi connectivity index (χ0) is 21.6. The SMILES string of the molecule is CC(C)(C)OC(=O)NC(c1nc2c(F)ccc(F)c2c(=O)n1-c1cc[nH]n1)C1CC1. The van der Waals surface area contributed by atoms with Crippen molar-refractivity contribution >= 4 is 17.0 Å². The molecule has 0 bridgehead atoms. The fraction of sp³-hybridized carbons (Fsp3) is 0.400. The molecular weight excluding hydrogens is 396 g/mol. The van der Waals surface area contributed by atoms with Crippen LogP contribution in [0, 0.1) is 17.6 Å². The van der Waals surface area contributed by atoms with Crippen LogP contribution < -0.4 is 10.9 Å². The lowest BCUT2D eigenvalue weighted by atomic mass is 10.1. The van der Waals surface area contributed by atoms with Gasteiger partial charge in [0.2, 0.25) is 0 Å². The Morgan fingerprint density at radius 2 is 1.97 bits per heavy atom. The van der Waals surface area contributed by atoms with E-state index in [-0.39, 0.29) is 17.6 Å². The predicted octanol–water partition coefficient (Wildman–Crippen LogP) is 3.36. The Bertz CT molecular complexity index is 1160. The predicted molar refractivity (Wildman–Crippen MR) is 104 cm³/mol. The molecule has 10 heteroatoms. The average Bonchev–Trinajstić information content (AvgIpc) is 3.35. The van der Waals surface area contributed by atoms with Crippen LogP contribution in [0.3, 0.4) is 0 Å². The van der Waals surface area contributed by atoms with E-state index in [1.165, 1.54) is 12.3 Å². The molecule has 1 saturated carbocycles. The highest BCUT2D eigenvalue weighted by Crippen LogP contribution is 2.41. The number of hydrogen-bond donors (Lipinski definition) is 2. The van der Waals surface area contributed by atoms with E-state index in [4.69, 9.17) is 4.74 Å². The standard InChI is InChI=1S/C20H21F2N5O3/c1-20(2,3)30-19(29)25-15(10-4-5-10)17-24-16-12(22)7-6-11(21)14(16)18(28)27(17)13-8-9-23-26-13/h6-10,15H,4-5H2,1-3H3,(H,23,26)(H,25,29). The van der Waals surface area contributed by atoms with Gasteiger partial charge in [0.25, 0.3) is 5.56 Å². The second-order valence-electron chi connectivity index (χ2n) is 8.26. The largest absolute Gasteiger partial charge is 0.444 e. The molecule has 0 spiro atoms. The molecule has 8 nitrogen and oxygen atoms in total. The highest BCUT2D eigenvalue weighted by Gasteiger charge is 2.38. The maximum absolute atomic E-state index is 14.5. The monoisotopic (exact) mass is 417 g/mol. The average molecular weight is 417 g/mol. The van der Waals surface area contributed by atoms with Crippen LogP contribution in [-0.4, -0.2) is 31.4 Å². The lowest BCUT2D eigenvalue weighted by Gasteiger charge is -2.25. The van der Waals surface area contributed by atoms with Gasteiger partial charge < -0.3 is 10.1 Å². The van der Waals surface area contributed by atoms with E-state index >= 15 is 0 Å². The van der Waals surface area contributed by atoms with Gasteiger partial charge >= 0.3 is 6.09 Å². The first-order chi connectivity index (χ1) is 14.2. The van der Waals surface area contributed by atoms with Crippen LogP contribution in [0.4, 0.5) is 13.6 Å². The van der Waals surface area contributed by atoms with Gasteiger partial charge in [-0.15, -0.1) is 0 Å². The first-order valence-electron chi connectivity index (χ1n) is 9.56. The summed E-state index contributed by atoms with van der Waals surface area (Å²) >= 11 is 0. The summed E-state index contributed by atoms with van der Waals surface area (Å²) in [7, 11) is 0. The summed E-state index contributed by atoms with van der Waals surface area (Å²) in [4.78, 5) is 29.9. The topological polar surface area (TPSA) is 102 Å². The Kier molecular flexibility index (Phi) is 4.79. The lowest BCUT2D eigenvalue weighted by molar-refractivity contribution is 0.0493. The van der Waals surface area contributed by atoms with E-state index in [9.17, 15) is 18.4 Å². The van der Waals surface area contributed by atoms with Crippen molar-refractivity contribution in [3.8, 4) is 5.82 Å². The molecule has 0 aliphatic heterocycles. The van der Waals surface area contributed by atoms with Gasteiger partial charge in [-0.3, -0.25) is 9.89 Å². The second kappa shape index (κ2) is 7.19. The summed E-state index contributed by atoms with van der Waals surface area (Å²) in [5.41, 5.74) is -1.93. The number of aromatic nitrogens is 4. The number of benzene rings is 1. The summed E-state index contributed by atoms with van der Waals surface area (Å²) in [6.07, 6.45) is 2.36. The van der Waals surface area contributed by atoms with E-state index in [0.29, 0.717) is 0 Å². The summed E-state index contributed by atoms with van der Waals surface area (Å²) in [5.74, 6) is -1.51. The van der Waals surface area contributed by atoms with Gasteiger partial charge in [0.15, 0.2) is 5.82 Å². The van der Waals surface area contributed by atoms with E-state index in [1.807, 2.05) is 0 Å². The van der Waals surface area contributed by atoms with Crippen LogP contribution in [-0.2, 0) is 4.74 Å². The van der Waals surface area contributed by atoms with Gasteiger partial charge in [0.05, 0.1) is 6.04 Å². The molecule has 158 valence electrons. The summed E-state index contributed by atoms with van der Waals surface area (Å²) in [5, 5.41) is 8.86. The quantitative estimate of drug-likeness (QED) is 0.678. The van der Waals surface area contributed by atoms with Crippen molar-refractivity contribution in [1.82, 2.24) is 25.1 Å².